The van der Waals surface area contributed by atoms with Gasteiger partial charge in [0.2, 0.25) is 0 Å². The van der Waals surface area contributed by atoms with E-state index in [-0.39, 0.29) is 54.2 Å². The van der Waals surface area contributed by atoms with E-state index in [0.717, 1.165) is 23.7 Å². The van der Waals surface area contributed by atoms with Gasteiger partial charge in [0.15, 0.2) is 0 Å². The van der Waals surface area contributed by atoms with Crippen LogP contribution in [-0.4, -0.2) is 50.3 Å². The first-order valence-corrected chi connectivity index (χ1v) is 21.1. The van der Waals surface area contributed by atoms with E-state index in [0.29, 0.717) is 61.9 Å². The van der Waals surface area contributed by atoms with Crippen molar-refractivity contribution in [3.8, 4) is 0 Å². The van der Waals surface area contributed by atoms with Crippen LogP contribution in [0.3, 0.4) is 0 Å². The molecule has 14 heteroatoms. The molecule has 8 nitrogen and oxygen atoms in total. The van der Waals surface area contributed by atoms with Gasteiger partial charge in [0.1, 0.15) is 0 Å². The Hall–Kier alpha value is 0.287. The molecule has 2 aliphatic rings. The van der Waals surface area contributed by atoms with Crippen LogP contribution in [0.5, 0.6) is 0 Å². The molecular weight excluding hydrogens is 812 g/mol. The predicted molar refractivity (Wildman–Crippen MR) is 156 cm³/mol. The van der Waals surface area contributed by atoms with Gasteiger partial charge >= 0.3 is 92.9 Å². The molecule has 0 atom stereocenters. The summed E-state index contributed by atoms with van der Waals surface area (Å²) in [5, 5.41) is 0. The van der Waals surface area contributed by atoms with Gasteiger partial charge in [-0.25, -0.2) is 0 Å². The van der Waals surface area contributed by atoms with Crippen LogP contribution in [0.15, 0.2) is 0 Å². The number of rotatable bonds is 8. The Labute approximate surface area is 284 Å². The number of carbonyl (C=O) groups excluding carboxylic acids is 4. The molecule has 0 aromatic heterocycles. The molecule has 0 unspecified atom stereocenters. The van der Waals surface area contributed by atoms with Crippen LogP contribution < -0.4 is 0 Å². The van der Waals surface area contributed by atoms with Crippen molar-refractivity contribution in [3.63, 3.8) is 0 Å². The minimum absolute atomic E-state index is 0.226. The van der Waals surface area contributed by atoms with Crippen molar-refractivity contribution in [1.29, 1.82) is 0 Å². The van der Waals surface area contributed by atoms with Crippen molar-refractivity contribution in [2.45, 2.75) is 69.2 Å². The maximum absolute atomic E-state index is 11.9. The van der Waals surface area contributed by atoms with Gasteiger partial charge in [-0.3, -0.25) is 19.2 Å². The van der Waals surface area contributed by atoms with Gasteiger partial charge < -0.3 is 18.9 Å². The first kappa shape index (κ1) is 44.4. The molecule has 2 rings (SSSR count). The second-order valence-electron chi connectivity index (χ2n) is 8.23. The molecule has 0 heterocycles. The van der Waals surface area contributed by atoms with Crippen LogP contribution in [0.4, 0.5) is 0 Å². The third-order valence-electron chi connectivity index (χ3n) is 6.04. The Morgan fingerprint density at radius 3 is 0.690 bits per heavy atom. The fraction of sp³-hybridized carbons (Fsp3) is 0.500. The van der Waals surface area contributed by atoms with Gasteiger partial charge in [-0.1, -0.05) is 41.5 Å². The monoisotopic (exact) mass is 848 g/mol. The number of hydrogen-bond acceptors (Lipinski definition) is 8. The van der Waals surface area contributed by atoms with Crippen molar-refractivity contribution in [3.05, 3.63) is 59.2 Å². The molecule has 2 aliphatic carbocycles. The van der Waals surface area contributed by atoms with E-state index in [4.69, 9.17) is 57.7 Å². The number of ether oxygens (including phenoxy) is 4. The van der Waals surface area contributed by atoms with Crippen molar-refractivity contribution in [2.75, 3.05) is 26.4 Å². The van der Waals surface area contributed by atoms with Crippen LogP contribution >= 0.6 is 38.8 Å². The number of carbonyl (C=O) groups is 4. The summed E-state index contributed by atoms with van der Waals surface area (Å²) in [5.41, 5.74) is 0. The average Bonchev–Trinajstić information content (AvgIpc) is 3.27. The molecular formula is C28H38Cl4O8Rh2. The van der Waals surface area contributed by atoms with Gasteiger partial charge in [-0.2, -0.15) is 0 Å². The second-order valence-corrected chi connectivity index (χ2v) is 13.2. The van der Waals surface area contributed by atoms with Gasteiger partial charge in [-0.15, -0.1) is 0 Å². The molecule has 0 saturated heterocycles. The maximum atomic E-state index is 11.9. The zero-order chi connectivity index (χ0) is 33.2. The van der Waals surface area contributed by atoms with E-state index in [2.05, 4.69) is 0 Å². The second kappa shape index (κ2) is 24.5. The van der Waals surface area contributed by atoms with Crippen molar-refractivity contribution < 1.29 is 68.4 Å². The molecule has 2 fully saturated rings. The summed E-state index contributed by atoms with van der Waals surface area (Å²) in [6.45, 7) is 19.0. The Balaban J connectivity index is 0. The third-order valence-corrected chi connectivity index (χ3v) is 6.04. The summed E-state index contributed by atoms with van der Waals surface area (Å²) < 4.78 is 20.0. The fourth-order valence-corrected chi connectivity index (χ4v) is 4.16. The van der Waals surface area contributed by atoms with Crippen LogP contribution in [-0.2, 0) is 68.4 Å². The van der Waals surface area contributed by atoms with E-state index in [9.17, 15) is 19.2 Å². The van der Waals surface area contributed by atoms with E-state index in [1.165, 1.54) is 0 Å². The number of esters is 4. The molecule has 10 radical (unpaired) electrons. The summed E-state index contributed by atoms with van der Waals surface area (Å²) in [5.74, 6) is 4.83. The van der Waals surface area contributed by atoms with Crippen LogP contribution in [0.25, 0.3) is 0 Å². The molecule has 0 N–H and O–H groups in total. The minimum atomic E-state index is -0.383. The summed E-state index contributed by atoms with van der Waals surface area (Å²) in [6.07, 6.45) is 0. The summed E-state index contributed by atoms with van der Waals surface area (Å²) in [6, 6.07) is 0. The van der Waals surface area contributed by atoms with Crippen molar-refractivity contribution in [2.24, 2.45) is 0 Å². The zero-order valence-electron chi connectivity index (χ0n) is 25.3. The van der Waals surface area contributed by atoms with E-state index < -0.39 is 0 Å². The van der Waals surface area contributed by atoms with Crippen molar-refractivity contribution in [1.82, 2.24) is 0 Å². The normalized spacial score (nSPS) is 18.4. The summed E-state index contributed by atoms with van der Waals surface area (Å²) in [7, 11) is 19.3. The Morgan fingerprint density at radius 2 is 0.571 bits per heavy atom. The average molecular weight is 850 g/mol. The molecule has 0 aromatic rings. The molecule has 42 heavy (non-hydrogen) atoms. The topological polar surface area (TPSA) is 105 Å². The number of hydrogen-bond donors (Lipinski definition) is 0. The quantitative estimate of drug-likeness (QED) is 0.148. The Morgan fingerprint density at radius 1 is 0.429 bits per heavy atom. The van der Waals surface area contributed by atoms with Gasteiger partial charge in [0, 0.05) is 11.8 Å². The molecule has 0 amide bonds. The summed E-state index contributed by atoms with van der Waals surface area (Å²) >= 11 is -0.451. The van der Waals surface area contributed by atoms with Gasteiger partial charge in [0.05, 0.1) is 50.1 Å². The molecule has 0 aliphatic heterocycles. The first-order valence-electron chi connectivity index (χ1n) is 12.6. The molecule has 2 saturated carbocycles. The zero-order valence-corrected chi connectivity index (χ0v) is 31.6. The Bertz CT molecular complexity index is 686. The SMILES string of the molecule is CCOC(=O)[C]1[C](C)[C](C)[C](C(=O)OCC)[C]1C.CCOC(=O)[C]1[C](C)[C](C)[C](C(=O)OCC)[C]1C.[Cl][Rh][Cl].[Cl][Rh][Cl]. The predicted octanol–water partition coefficient (Wildman–Crippen LogP) is 6.87. The van der Waals surface area contributed by atoms with Crippen LogP contribution in [0.1, 0.15) is 69.2 Å². The van der Waals surface area contributed by atoms with Crippen LogP contribution in [0.2, 0.25) is 0 Å². The molecule has 244 valence electrons. The third kappa shape index (κ3) is 13.3. The van der Waals surface area contributed by atoms with Gasteiger partial charge in [0.25, 0.3) is 0 Å². The molecule has 0 aromatic carbocycles. The summed E-state index contributed by atoms with van der Waals surface area (Å²) in [4.78, 5) is 47.4. The van der Waals surface area contributed by atoms with E-state index >= 15 is 0 Å². The number of halogens is 4. The molecule has 0 spiro atoms. The van der Waals surface area contributed by atoms with E-state index in [1.807, 2.05) is 27.7 Å². The van der Waals surface area contributed by atoms with Gasteiger partial charge in [-0.05, 0) is 51.4 Å². The van der Waals surface area contributed by atoms with Crippen molar-refractivity contribution >= 4 is 62.6 Å². The standard InChI is InChI=1S/2C14H19O4.4ClH.2Rh/c2*1-6-17-13(15)11-8(3)9(4)12(10(11)5)14(16)18-7-2;;;;;;/h2*6-7H2,1-5H3;4*1H;;/q;;;;;;2*+2/p-4. The first-order chi connectivity index (χ1) is 19.7. The molecule has 0 bridgehead atoms. The fourth-order valence-electron chi connectivity index (χ4n) is 4.16. The van der Waals surface area contributed by atoms with Crippen LogP contribution in [0, 0.1) is 59.2 Å². The van der Waals surface area contributed by atoms with E-state index in [1.54, 1.807) is 41.5 Å². The Kier molecular flexibility index (Phi) is 25.9.